The second kappa shape index (κ2) is 9.13. The third kappa shape index (κ3) is 4.79. The van der Waals surface area contributed by atoms with E-state index in [2.05, 4.69) is 16.7 Å². The summed E-state index contributed by atoms with van der Waals surface area (Å²) in [6.07, 6.45) is 4.07. The molecule has 6 nitrogen and oxygen atoms in total. The van der Waals surface area contributed by atoms with Crippen LogP contribution in [0, 0.1) is 23.2 Å². The second-order valence-electron chi connectivity index (χ2n) is 8.44. The van der Waals surface area contributed by atoms with Crippen molar-refractivity contribution in [2.24, 2.45) is 18.9 Å². The van der Waals surface area contributed by atoms with Gasteiger partial charge in [0.15, 0.2) is 0 Å². The van der Waals surface area contributed by atoms with E-state index in [0.29, 0.717) is 18.0 Å². The molecule has 0 aliphatic heterocycles. The van der Waals surface area contributed by atoms with Crippen molar-refractivity contribution in [2.45, 2.75) is 58.0 Å². The number of aromatic nitrogens is 1. The lowest BCUT2D eigenvalue weighted by Gasteiger charge is -2.32. The third-order valence-electron chi connectivity index (χ3n) is 5.78. The van der Waals surface area contributed by atoms with E-state index in [1.807, 2.05) is 55.8 Å². The SMILES string of the molecule is CC(C)C[C@@H](C#N)NC(=O)[C@@H]1CCCCC1NC(=O)c1cc2ccccc2n1C. The number of para-hydroxylation sites is 1. The molecule has 1 aromatic carbocycles. The summed E-state index contributed by atoms with van der Waals surface area (Å²) in [5, 5.41) is 16.3. The molecule has 1 fully saturated rings. The fraction of sp³-hybridized carbons (Fsp3) is 0.522. The average molecular weight is 395 g/mol. The summed E-state index contributed by atoms with van der Waals surface area (Å²) < 4.78 is 1.89. The Morgan fingerprint density at radius 3 is 2.66 bits per heavy atom. The van der Waals surface area contributed by atoms with Crippen LogP contribution in [0.5, 0.6) is 0 Å². The largest absolute Gasteiger partial charge is 0.347 e. The first kappa shape index (κ1) is 20.9. The van der Waals surface area contributed by atoms with Crippen LogP contribution in [0.25, 0.3) is 10.9 Å². The van der Waals surface area contributed by atoms with E-state index >= 15 is 0 Å². The third-order valence-corrected chi connectivity index (χ3v) is 5.78. The van der Waals surface area contributed by atoms with Crippen molar-refractivity contribution < 1.29 is 9.59 Å². The molecule has 0 bridgehead atoms. The van der Waals surface area contributed by atoms with Gasteiger partial charge >= 0.3 is 0 Å². The first-order valence-electron chi connectivity index (χ1n) is 10.5. The van der Waals surface area contributed by atoms with Crippen molar-refractivity contribution in [3.63, 3.8) is 0 Å². The zero-order valence-corrected chi connectivity index (χ0v) is 17.4. The van der Waals surface area contributed by atoms with Gasteiger partial charge in [-0.3, -0.25) is 9.59 Å². The topological polar surface area (TPSA) is 86.9 Å². The number of amides is 2. The molecule has 2 aromatic rings. The molecule has 6 heteroatoms. The van der Waals surface area contributed by atoms with Gasteiger partial charge < -0.3 is 15.2 Å². The number of nitrogens with one attached hydrogen (secondary N) is 2. The van der Waals surface area contributed by atoms with Gasteiger partial charge in [-0.15, -0.1) is 0 Å². The predicted molar refractivity (Wildman–Crippen MR) is 113 cm³/mol. The van der Waals surface area contributed by atoms with Crippen molar-refractivity contribution in [3.05, 3.63) is 36.0 Å². The molecule has 0 saturated heterocycles. The molecular formula is C23H30N4O2. The highest BCUT2D eigenvalue weighted by atomic mass is 16.2. The van der Waals surface area contributed by atoms with Crippen molar-refractivity contribution in [3.8, 4) is 6.07 Å². The highest BCUT2D eigenvalue weighted by molar-refractivity contribution is 5.99. The summed E-state index contributed by atoms with van der Waals surface area (Å²) in [6.45, 7) is 4.06. The van der Waals surface area contributed by atoms with E-state index in [1.165, 1.54) is 0 Å². The normalized spacial score (nSPS) is 20.2. The maximum Gasteiger partial charge on any atom is 0.268 e. The van der Waals surface area contributed by atoms with Crippen molar-refractivity contribution in [2.75, 3.05) is 0 Å². The lowest BCUT2D eigenvalue weighted by molar-refractivity contribution is -0.127. The van der Waals surface area contributed by atoms with Crippen LogP contribution in [-0.2, 0) is 11.8 Å². The molecule has 3 atom stereocenters. The molecule has 154 valence electrons. The molecule has 3 rings (SSSR count). The number of hydrogen-bond acceptors (Lipinski definition) is 3. The first-order valence-corrected chi connectivity index (χ1v) is 10.5. The zero-order valence-electron chi connectivity index (χ0n) is 17.4. The summed E-state index contributed by atoms with van der Waals surface area (Å²) in [6, 6.07) is 11.2. The highest BCUT2D eigenvalue weighted by Gasteiger charge is 2.33. The Hall–Kier alpha value is -2.81. The van der Waals surface area contributed by atoms with E-state index in [0.717, 1.165) is 36.6 Å². The van der Waals surface area contributed by atoms with Gasteiger partial charge in [-0.05, 0) is 37.3 Å². The fourth-order valence-corrected chi connectivity index (χ4v) is 4.26. The van der Waals surface area contributed by atoms with Crippen LogP contribution < -0.4 is 10.6 Å². The minimum atomic E-state index is -0.487. The number of fused-ring (bicyclic) bond motifs is 1. The van der Waals surface area contributed by atoms with Crippen LogP contribution in [0.4, 0.5) is 0 Å². The van der Waals surface area contributed by atoms with Gasteiger partial charge in [0.1, 0.15) is 11.7 Å². The van der Waals surface area contributed by atoms with E-state index in [9.17, 15) is 14.9 Å². The maximum atomic E-state index is 13.0. The van der Waals surface area contributed by atoms with Crippen LogP contribution in [0.1, 0.15) is 56.4 Å². The predicted octanol–water partition coefficient (Wildman–Crippen LogP) is 3.52. The number of benzene rings is 1. The Kier molecular flexibility index (Phi) is 6.58. The Morgan fingerprint density at radius 2 is 1.97 bits per heavy atom. The Balaban J connectivity index is 1.72. The van der Waals surface area contributed by atoms with Gasteiger partial charge in [-0.25, -0.2) is 0 Å². The minimum Gasteiger partial charge on any atom is -0.347 e. The Labute approximate surface area is 172 Å². The van der Waals surface area contributed by atoms with Gasteiger partial charge in [0.2, 0.25) is 5.91 Å². The summed E-state index contributed by atoms with van der Waals surface area (Å²) in [7, 11) is 1.88. The summed E-state index contributed by atoms with van der Waals surface area (Å²) >= 11 is 0. The van der Waals surface area contributed by atoms with Crippen LogP contribution >= 0.6 is 0 Å². The van der Waals surface area contributed by atoms with E-state index in [-0.39, 0.29) is 23.8 Å². The molecule has 1 unspecified atom stereocenters. The van der Waals surface area contributed by atoms with Crippen molar-refractivity contribution >= 4 is 22.7 Å². The van der Waals surface area contributed by atoms with Gasteiger partial charge in [0, 0.05) is 24.0 Å². The molecule has 1 aliphatic carbocycles. The molecule has 0 radical (unpaired) electrons. The number of rotatable bonds is 6. The smallest absolute Gasteiger partial charge is 0.268 e. The average Bonchev–Trinajstić information content (AvgIpc) is 3.04. The number of carbonyl (C=O) groups excluding carboxylic acids is 2. The number of aryl methyl sites for hydroxylation is 1. The standard InChI is InChI=1S/C23H30N4O2/c1-15(2)12-17(14-24)25-22(28)18-9-5-6-10-19(18)26-23(29)21-13-16-8-4-7-11-20(16)27(21)3/h4,7-8,11,13,15,17-19H,5-6,9-10,12H2,1-3H3,(H,25,28)(H,26,29)/t17-,18+,19?/m0/s1. The first-order chi connectivity index (χ1) is 13.9. The van der Waals surface area contributed by atoms with E-state index in [1.54, 1.807) is 0 Å². The Bertz CT molecular complexity index is 925. The number of nitrogens with zero attached hydrogens (tertiary/aromatic N) is 2. The monoisotopic (exact) mass is 394 g/mol. The Morgan fingerprint density at radius 1 is 1.24 bits per heavy atom. The van der Waals surface area contributed by atoms with Crippen LogP contribution in [0.2, 0.25) is 0 Å². The number of carbonyl (C=O) groups is 2. The van der Waals surface area contributed by atoms with Crippen LogP contribution in [0.3, 0.4) is 0 Å². The summed E-state index contributed by atoms with van der Waals surface area (Å²) in [5.41, 5.74) is 1.59. The molecule has 1 saturated carbocycles. The van der Waals surface area contributed by atoms with E-state index < -0.39 is 6.04 Å². The lowest BCUT2D eigenvalue weighted by Crippen LogP contribution is -2.50. The van der Waals surface area contributed by atoms with Gasteiger partial charge in [-0.2, -0.15) is 5.26 Å². The number of hydrogen-bond donors (Lipinski definition) is 2. The molecule has 0 spiro atoms. The second-order valence-corrected chi connectivity index (χ2v) is 8.44. The molecule has 2 amide bonds. The summed E-state index contributed by atoms with van der Waals surface area (Å²) in [5.74, 6) is -0.259. The molecule has 29 heavy (non-hydrogen) atoms. The summed E-state index contributed by atoms with van der Waals surface area (Å²) in [4.78, 5) is 25.8. The highest BCUT2D eigenvalue weighted by Crippen LogP contribution is 2.26. The van der Waals surface area contributed by atoms with Crippen LogP contribution in [-0.4, -0.2) is 28.5 Å². The van der Waals surface area contributed by atoms with Gasteiger partial charge in [0.05, 0.1) is 12.0 Å². The zero-order chi connectivity index (χ0) is 21.0. The van der Waals surface area contributed by atoms with Crippen molar-refractivity contribution in [1.82, 2.24) is 15.2 Å². The van der Waals surface area contributed by atoms with Gasteiger partial charge in [0.25, 0.3) is 5.91 Å². The molecule has 1 aromatic heterocycles. The molecular weight excluding hydrogens is 364 g/mol. The molecule has 1 aliphatic rings. The van der Waals surface area contributed by atoms with Crippen LogP contribution in [0.15, 0.2) is 30.3 Å². The molecule has 2 N–H and O–H groups in total. The number of nitriles is 1. The van der Waals surface area contributed by atoms with Gasteiger partial charge in [-0.1, -0.05) is 44.9 Å². The minimum absolute atomic E-state index is 0.126. The van der Waals surface area contributed by atoms with Crippen molar-refractivity contribution in [1.29, 1.82) is 5.26 Å². The molecule has 1 heterocycles. The maximum absolute atomic E-state index is 13.0. The lowest BCUT2D eigenvalue weighted by atomic mass is 9.83. The van der Waals surface area contributed by atoms with E-state index in [4.69, 9.17) is 0 Å². The fourth-order valence-electron chi connectivity index (χ4n) is 4.26. The quantitative estimate of drug-likeness (QED) is 0.786.